The Bertz CT molecular complexity index is 607. The minimum Gasteiger partial charge on any atom is -0.394 e. The van der Waals surface area contributed by atoms with Crippen LogP contribution in [-0.4, -0.2) is 78.5 Å². The molecule has 8 nitrogen and oxygen atoms in total. The van der Waals surface area contributed by atoms with Gasteiger partial charge in [-0.25, -0.2) is 4.57 Å². The summed E-state index contributed by atoms with van der Waals surface area (Å²) in [7, 11) is 1.06. The monoisotopic (exact) mass is 522 g/mol. The van der Waals surface area contributed by atoms with Crippen LogP contribution in [0.4, 0.5) is 0 Å². The van der Waals surface area contributed by atoms with Crippen LogP contribution < -0.4 is 0 Å². The average Bonchev–Trinajstić information content (AvgIpc) is 2.78. The van der Waals surface area contributed by atoms with E-state index in [4.69, 9.17) is 14.2 Å². The molecule has 3 atom stereocenters. The summed E-state index contributed by atoms with van der Waals surface area (Å²) in [5, 5.41) is 18.1. The zero-order chi connectivity index (χ0) is 26.6. The molecule has 0 aliphatic carbocycles. The highest BCUT2D eigenvalue weighted by molar-refractivity contribution is 7.47. The number of carbonyl (C=O) groups excluding carboxylic acids is 1. The Balaban J connectivity index is 4.13. The molecule has 35 heavy (non-hydrogen) atoms. The van der Waals surface area contributed by atoms with Gasteiger partial charge in [-0.2, -0.15) is 0 Å². The van der Waals surface area contributed by atoms with E-state index in [1.165, 1.54) is 44.9 Å². The molecular formula is C26H53NO7P+. The molecule has 208 valence electrons. The van der Waals surface area contributed by atoms with Gasteiger partial charge in [0.2, 0.25) is 0 Å². The topological polar surface area (TPSA) is 113 Å². The second kappa shape index (κ2) is 20.5. The van der Waals surface area contributed by atoms with E-state index in [0.717, 1.165) is 32.1 Å². The second-order valence-electron chi connectivity index (χ2n) is 10.5. The molecule has 2 unspecified atom stereocenters. The number of ketones is 1. The highest BCUT2D eigenvalue weighted by Crippen LogP contribution is 2.45. The number of nitrogens with zero attached hydrogens (tertiary/aromatic N) is 1. The van der Waals surface area contributed by atoms with E-state index in [-0.39, 0.29) is 18.7 Å². The lowest BCUT2D eigenvalue weighted by molar-refractivity contribution is -0.872. The normalized spacial score (nSPS) is 15.9. The number of likely N-dealkylation sites (N-methyl/N-ethyl adjacent to an activating group) is 1. The smallest absolute Gasteiger partial charge is 0.394 e. The summed E-state index contributed by atoms with van der Waals surface area (Å²) >= 11 is 0. The van der Waals surface area contributed by atoms with Crippen LogP contribution in [0, 0.1) is 0 Å². The molecule has 0 heterocycles. The number of aliphatic hydroxyl groups excluding tert-OH is 2. The van der Waals surface area contributed by atoms with Crippen LogP contribution in [0.1, 0.15) is 96.8 Å². The number of aliphatic hydroxyl groups is 2. The van der Waals surface area contributed by atoms with E-state index in [9.17, 15) is 19.4 Å². The molecule has 0 fully saturated rings. The summed E-state index contributed by atoms with van der Waals surface area (Å²) in [6.45, 7) is 1.31. The molecule has 0 saturated carbocycles. The number of Topliss-reactive ketones (excluding diaryl/α,β-unsaturated/α-hetero) is 1. The summed E-state index contributed by atoms with van der Waals surface area (Å²) < 4.78 is 22.5. The Morgan fingerprint density at radius 3 is 1.94 bits per heavy atom. The first kappa shape index (κ1) is 34.4. The van der Waals surface area contributed by atoms with Gasteiger partial charge in [-0.05, 0) is 32.1 Å². The number of phosphoric acid groups is 1. The van der Waals surface area contributed by atoms with Gasteiger partial charge in [0.15, 0.2) is 11.9 Å². The van der Waals surface area contributed by atoms with Crippen molar-refractivity contribution in [2.75, 3.05) is 40.9 Å². The molecule has 0 rings (SSSR count). The summed E-state index contributed by atoms with van der Waals surface area (Å²) in [5.74, 6) is -0.226. The van der Waals surface area contributed by atoms with Gasteiger partial charge in [-0.15, -0.1) is 0 Å². The first-order chi connectivity index (χ1) is 16.5. The molecule has 0 aliphatic rings. The molecule has 0 aromatic heterocycles. The molecule has 3 N–H and O–H groups in total. The molecule has 9 heteroatoms. The first-order valence-electron chi connectivity index (χ1n) is 13.4. The van der Waals surface area contributed by atoms with Crippen LogP contribution in [0.5, 0.6) is 0 Å². The third-order valence-corrected chi connectivity index (χ3v) is 6.66. The SMILES string of the molecule is CCCCCCCC/C=C\CCCCCCCC(=O)C(C[N+](C)(C)C)OP(=O)(O)OC[C@H](O)CO. The number of hydrogen-bond donors (Lipinski definition) is 3. The maximum atomic E-state index is 12.7. The average molecular weight is 523 g/mol. The lowest BCUT2D eigenvalue weighted by Crippen LogP contribution is -2.45. The fraction of sp³-hybridized carbons (Fsp3) is 0.885. The highest BCUT2D eigenvalue weighted by Gasteiger charge is 2.34. The molecule has 0 aromatic carbocycles. The van der Waals surface area contributed by atoms with E-state index < -0.39 is 33.2 Å². The first-order valence-corrected chi connectivity index (χ1v) is 14.9. The minimum atomic E-state index is -4.54. The van der Waals surface area contributed by atoms with Crippen LogP contribution >= 0.6 is 7.82 Å². The van der Waals surface area contributed by atoms with E-state index >= 15 is 0 Å². The Morgan fingerprint density at radius 2 is 1.43 bits per heavy atom. The van der Waals surface area contributed by atoms with E-state index in [1.54, 1.807) is 0 Å². The zero-order valence-corrected chi connectivity index (χ0v) is 23.6. The lowest BCUT2D eigenvalue weighted by atomic mass is 10.0. The minimum absolute atomic E-state index is 0.223. The fourth-order valence-electron chi connectivity index (χ4n) is 3.65. The van der Waals surface area contributed by atoms with E-state index in [0.29, 0.717) is 10.9 Å². The fourth-order valence-corrected chi connectivity index (χ4v) is 4.57. The lowest BCUT2D eigenvalue weighted by Gasteiger charge is -2.29. The quantitative estimate of drug-likeness (QED) is 0.0695. The predicted molar refractivity (Wildman–Crippen MR) is 141 cm³/mol. The highest BCUT2D eigenvalue weighted by atomic mass is 31.2. The van der Waals surface area contributed by atoms with Crippen LogP contribution in [0.15, 0.2) is 12.2 Å². The summed E-state index contributed by atoms with van der Waals surface area (Å²) in [5.41, 5.74) is 0. The van der Waals surface area contributed by atoms with Crippen molar-refractivity contribution < 1.29 is 38.0 Å². The molecule has 0 saturated heterocycles. The van der Waals surface area contributed by atoms with Gasteiger partial charge >= 0.3 is 7.82 Å². The van der Waals surface area contributed by atoms with Crippen molar-refractivity contribution in [3.8, 4) is 0 Å². The summed E-state index contributed by atoms with van der Waals surface area (Å²) in [4.78, 5) is 22.6. The van der Waals surface area contributed by atoms with Gasteiger partial charge in [0, 0.05) is 6.42 Å². The Morgan fingerprint density at radius 1 is 0.914 bits per heavy atom. The van der Waals surface area contributed by atoms with E-state index in [1.807, 2.05) is 21.1 Å². The van der Waals surface area contributed by atoms with Gasteiger partial charge in [0.1, 0.15) is 12.6 Å². The number of hydrogen-bond acceptors (Lipinski definition) is 6. The number of unbranched alkanes of at least 4 members (excludes halogenated alkanes) is 11. The van der Waals surface area contributed by atoms with Gasteiger partial charge in [0.25, 0.3) is 0 Å². The Kier molecular flexibility index (Phi) is 20.1. The van der Waals surface area contributed by atoms with Gasteiger partial charge in [0.05, 0.1) is 34.4 Å². The number of allylic oxidation sites excluding steroid dienone is 2. The van der Waals surface area contributed by atoms with Gasteiger partial charge in [-0.3, -0.25) is 13.8 Å². The number of carbonyl (C=O) groups is 1. The second-order valence-corrected chi connectivity index (χ2v) is 11.9. The van der Waals surface area contributed by atoms with Crippen molar-refractivity contribution in [1.29, 1.82) is 0 Å². The molecule has 0 aliphatic heterocycles. The van der Waals surface area contributed by atoms with Crippen LogP contribution in [0.3, 0.4) is 0 Å². The van der Waals surface area contributed by atoms with Crippen LogP contribution in [0.2, 0.25) is 0 Å². The molecule has 0 aromatic rings. The van der Waals surface area contributed by atoms with Crippen LogP contribution in [-0.2, 0) is 18.4 Å². The predicted octanol–water partition coefficient (Wildman–Crippen LogP) is 5.15. The molecule has 0 bridgehead atoms. The maximum absolute atomic E-state index is 12.7. The largest absolute Gasteiger partial charge is 0.473 e. The molecule has 0 radical (unpaired) electrons. The third kappa shape index (κ3) is 22.3. The third-order valence-electron chi connectivity index (χ3n) is 5.66. The summed E-state index contributed by atoms with van der Waals surface area (Å²) in [6.07, 6.45) is 17.8. The maximum Gasteiger partial charge on any atom is 0.473 e. The standard InChI is InChI=1S/C26H52NO7P/c1-5-6-7-8-9-10-11-12-13-14-15-16-17-18-19-20-25(30)26(21-27(2,3)4)34-35(31,32)33-23-24(29)22-28/h12-13,24,26,28-29H,5-11,14-23H2,1-4H3/p+1/b13-12-/t24-,26?/m1/s1. The van der Waals surface area contributed by atoms with Gasteiger partial charge < -0.3 is 19.6 Å². The molecule has 0 spiro atoms. The molecular weight excluding hydrogens is 469 g/mol. The Hall–Kier alpha value is -0.600. The van der Waals surface area contributed by atoms with Crippen molar-refractivity contribution in [2.24, 2.45) is 0 Å². The van der Waals surface area contributed by atoms with E-state index in [2.05, 4.69) is 19.1 Å². The Labute approximate surface area is 213 Å². The number of phosphoric ester groups is 1. The van der Waals surface area contributed by atoms with Crippen molar-refractivity contribution in [3.63, 3.8) is 0 Å². The van der Waals surface area contributed by atoms with Crippen LogP contribution in [0.25, 0.3) is 0 Å². The number of quaternary nitrogens is 1. The number of rotatable bonds is 24. The van der Waals surface area contributed by atoms with Gasteiger partial charge in [-0.1, -0.05) is 70.4 Å². The van der Waals surface area contributed by atoms with Crippen molar-refractivity contribution >= 4 is 13.6 Å². The van der Waals surface area contributed by atoms with Crippen molar-refractivity contribution in [1.82, 2.24) is 0 Å². The van der Waals surface area contributed by atoms with Crippen molar-refractivity contribution in [2.45, 2.75) is 109 Å². The zero-order valence-electron chi connectivity index (χ0n) is 22.7. The van der Waals surface area contributed by atoms with Crippen molar-refractivity contribution in [3.05, 3.63) is 12.2 Å². The summed E-state index contributed by atoms with van der Waals surface area (Å²) in [6, 6.07) is 0. The molecule has 0 amide bonds.